The number of benzene rings is 2. The van der Waals surface area contributed by atoms with Gasteiger partial charge in [0, 0.05) is 17.6 Å². The van der Waals surface area contributed by atoms with Crippen molar-refractivity contribution in [3.8, 4) is 11.5 Å². The predicted octanol–water partition coefficient (Wildman–Crippen LogP) is 3.91. The third kappa shape index (κ3) is 3.65. The van der Waals surface area contributed by atoms with Crippen LogP contribution in [0.15, 0.2) is 42.5 Å². The zero-order valence-electron chi connectivity index (χ0n) is 11.6. The Morgan fingerprint density at radius 1 is 1.20 bits per heavy atom. The number of hydrogen-bond acceptors (Lipinski definition) is 3. The minimum atomic E-state index is 0.155. The summed E-state index contributed by atoms with van der Waals surface area (Å²) in [5.41, 5.74) is 2.24. The summed E-state index contributed by atoms with van der Waals surface area (Å²) in [5, 5.41) is 13.7. The van der Waals surface area contributed by atoms with E-state index in [2.05, 4.69) is 12.2 Å². The Morgan fingerprint density at radius 2 is 1.90 bits per heavy atom. The average Bonchev–Trinajstić information content (AvgIpc) is 2.46. The second-order valence-corrected chi connectivity index (χ2v) is 5.10. The van der Waals surface area contributed by atoms with Gasteiger partial charge in [0.25, 0.3) is 0 Å². The summed E-state index contributed by atoms with van der Waals surface area (Å²) in [7, 11) is 1.54. The van der Waals surface area contributed by atoms with Crippen LogP contribution in [0.2, 0.25) is 5.02 Å². The molecule has 1 atom stereocenters. The van der Waals surface area contributed by atoms with Gasteiger partial charge in [-0.15, -0.1) is 0 Å². The molecule has 0 aromatic heterocycles. The van der Waals surface area contributed by atoms with Crippen molar-refractivity contribution in [2.24, 2.45) is 0 Å². The van der Waals surface area contributed by atoms with E-state index in [0.717, 1.165) is 10.6 Å². The highest BCUT2D eigenvalue weighted by Crippen LogP contribution is 2.26. The van der Waals surface area contributed by atoms with E-state index in [0.29, 0.717) is 12.3 Å². The van der Waals surface area contributed by atoms with Gasteiger partial charge in [-0.3, -0.25) is 0 Å². The van der Waals surface area contributed by atoms with Crippen LogP contribution < -0.4 is 10.1 Å². The Morgan fingerprint density at radius 3 is 2.55 bits per heavy atom. The fraction of sp³-hybridized carbons (Fsp3) is 0.250. The van der Waals surface area contributed by atoms with Crippen LogP contribution >= 0.6 is 11.6 Å². The first-order chi connectivity index (χ1) is 9.60. The maximum absolute atomic E-state index is 9.56. The highest BCUT2D eigenvalue weighted by molar-refractivity contribution is 6.30. The highest BCUT2D eigenvalue weighted by atomic mass is 35.5. The number of ether oxygens (including phenoxy) is 1. The Bertz CT molecular complexity index is 569. The molecule has 2 aromatic rings. The number of nitrogens with one attached hydrogen (secondary N) is 1. The van der Waals surface area contributed by atoms with Gasteiger partial charge < -0.3 is 15.2 Å². The van der Waals surface area contributed by atoms with Gasteiger partial charge in [-0.25, -0.2) is 0 Å². The summed E-state index contributed by atoms with van der Waals surface area (Å²) in [5.74, 6) is 0.644. The molecule has 0 aliphatic carbocycles. The number of hydrogen-bond donors (Lipinski definition) is 2. The van der Waals surface area contributed by atoms with E-state index in [9.17, 15) is 5.11 Å². The molecule has 4 heteroatoms. The molecule has 3 nitrogen and oxygen atoms in total. The fourth-order valence-electron chi connectivity index (χ4n) is 1.97. The topological polar surface area (TPSA) is 41.5 Å². The SMILES string of the molecule is COc1cc(CNC(C)c2ccc(Cl)cc2)ccc1O. The second-order valence-electron chi connectivity index (χ2n) is 4.66. The van der Waals surface area contributed by atoms with Crippen LogP contribution in [0.4, 0.5) is 0 Å². The lowest BCUT2D eigenvalue weighted by Crippen LogP contribution is -2.18. The lowest BCUT2D eigenvalue weighted by Gasteiger charge is -2.15. The van der Waals surface area contributed by atoms with E-state index in [-0.39, 0.29) is 11.8 Å². The Labute approximate surface area is 124 Å². The Kier molecular flexibility index (Phi) is 4.88. The van der Waals surface area contributed by atoms with Gasteiger partial charge in [0.2, 0.25) is 0 Å². The Hall–Kier alpha value is -1.71. The van der Waals surface area contributed by atoms with Gasteiger partial charge in [-0.2, -0.15) is 0 Å². The summed E-state index contributed by atoms with van der Waals surface area (Å²) < 4.78 is 5.10. The van der Waals surface area contributed by atoms with Gasteiger partial charge in [0.05, 0.1) is 7.11 Å². The van der Waals surface area contributed by atoms with Crippen molar-refractivity contribution in [2.45, 2.75) is 19.5 Å². The van der Waals surface area contributed by atoms with Crippen LogP contribution in [0.1, 0.15) is 24.1 Å². The number of methoxy groups -OCH3 is 1. The van der Waals surface area contributed by atoms with Gasteiger partial charge in [-0.05, 0) is 42.3 Å². The number of phenolic OH excluding ortho intramolecular Hbond substituents is 1. The van der Waals surface area contributed by atoms with Crippen molar-refractivity contribution in [3.63, 3.8) is 0 Å². The monoisotopic (exact) mass is 291 g/mol. The van der Waals surface area contributed by atoms with Crippen molar-refractivity contribution in [3.05, 3.63) is 58.6 Å². The molecule has 1 unspecified atom stereocenters. The number of aromatic hydroxyl groups is 1. The van der Waals surface area contributed by atoms with Gasteiger partial charge in [0.1, 0.15) is 0 Å². The molecular formula is C16H18ClNO2. The van der Waals surface area contributed by atoms with Gasteiger partial charge in [-0.1, -0.05) is 29.8 Å². The molecule has 0 saturated heterocycles. The van der Waals surface area contributed by atoms with Crippen molar-refractivity contribution >= 4 is 11.6 Å². The van der Waals surface area contributed by atoms with E-state index in [1.807, 2.05) is 36.4 Å². The Balaban J connectivity index is 1.99. The summed E-state index contributed by atoms with van der Waals surface area (Å²) in [4.78, 5) is 0. The predicted molar refractivity (Wildman–Crippen MR) is 81.4 cm³/mol. The molecule has 0 aliphatic heterocycles. The molecule has 0 bridgehead atoms. The van der Waals surface area contributed by atoms with Crippen LogP contribution in [-0.2, 0) is 6.54 Å². The zero-order chi connectivity index (χ0) is 14.5. The van der Waals surface area contributed by atoms with E-state index in [4.69, 9.17) is 16.3 Å². The summed E-state index contributed by atoms with van der Waals surface area (Å²) in [6.45, 7) is 2.79. The van der Waals surface area contributed by atoms with E-state index in [1.54, 1.807) is 13.2 Å². The van der Waals surface area contributed by atoms with E-state index < -0.39 is 0 Å². The zero-order valence-corrected chi connectivity index (χ0v) is 12.3. The minimum Gasteiger partial charge on any atom is -0.504 e. The van der Waals surface area contributed by atoms with Crippen LogP contribution in [-0.4, -0.2) is 12.2 Å². The summed E-state index contributed by atoms with van der Waals surface area (Å²) in [6, 6.07) is 13.4. The van der Waals surface area contributed by atoms with Crippen molar-refractivity contribution in [1.82, 2.24) is 5.32 Å². The normalized spacial score (nSPS) is 12.2. The lowest BCUT2D eigenvalue weighted by molar-refractivity contribution is 0.372. The lowest BCUT2D eigenvalue weighted by atomic mass is 10.1. The van der Waals surface area contributed by atoms with Gasteiger partial charge >= 0.3 is 0 Å². The van der Waals surface area contributed by atoms with Crippen LogP contribution in [0.3, 0.4) is 0 Å². The molecule has 0 amide bonds. The molecule has 2 rings (SSSR count). The van der Waals surface area contributed by atoms with Crippen LogP contribution in [0, 0.1) is 0 Å². The van der Waals surface area contributed by atoms with Crippen molar-refractivity contribution < 1.29 is 9.84 Å². The number of rotatable bonds is 5. The molecule has 0 aliphatic rings. The molecule has 2 aromatic carbocycles. The largest absolute Gasteiger partial charge is 0.504 e. The molecule has 0 saturated carbocycles. The number of halogens is 1. The van der Waals surface area contributed by atoms with Gasteiger partial charge in [0.15, 0.2) is 11.5 Å². The maximum atomic E-state index is 9.56. The van der Waals surface area contributed by atoms with Crippen molar-refractivity contribution in [2.75, 3.05) is 7.11 Å². The first-order valence-corrected chi connectivity index (χ1v) is 6.82. The van der Waals surface area contributed by atoms with Crippen LogP contribution in [0.25, 0.3) is 0 Å². The number of phenols is 1. The highest BCUT2D eigenvalue weighted by Gasteiger charge is 2.06. The standard InChI is InChI=1S/C16H18ClNO2/c1-11(13-4-6-14(17)7-5-13)18-10-12-3-8-15(19)16(9-12)20-2/h3-9,11,18-19H,10H2,1-2H3. The molecule has 20 heavy (non-hydrogen) atoms. The summed E-state index contributed by atoms with van der Waals surface area (Å²) >= 11 is 5.88. The maximum Gasteiger partial charge on any atom is 0.160 e. The quantitative estimate of drug-likeness (QED) is 0.878. The third-order valence-electron chi connectivity index (χ3n) is 3.23. The second kappa shape index (κ2) is 6.64. The van der Waals surface area contributed by atoms with E-state index >= 15 is 0 Å². The fourth-order valence-corrected chi connectivity index (χ4v) is 2.10. The molecule has 106 valence electrons. The van der Waals surface area contributed by atoms with Crippen LogP contribution in [0.5, 0.6) is 11.5 Å². The molecule has 0 fully saturated rings. The molecule has 0 spiro atoms. The summed E-state index contributed by atoms with van der Waals surface area (Å²) in [6.07, 6.45) is 0. The first-order valence-electron chi connectivity index (χ1n) is 6.45. The minimum absolute atomic E-state index is 0.155. The molecule has 0 heterocycles. The van der Waals surface area contributed by atoms with E-state index in [1.165, 1.54) is 5.56 Å². The molecule has 0 radical (unpaired) electrons. The molecular weight excluding hydrogens is 274 g/mol. The smallest absolute Gasteiger partial charge is 0.160 e. The van der Waals surface area contributed by atoms with Crippen molar-refractivity contribution in [1.29, 1.82) is 0 Å². The molecule has 2 N–H and O–H groups in total. The third-order valence-corrected chi connectivity index (χ3v) is 3.48. The first kappa shape index (κ1) is 14.7. The average molecular weight is 292 g/mol.